The van der Waals surface area contributed by atoms with Crippen LogP contribution in [0.2, 0.25) is 0 Å². The maximum atomic E-state index is 11.3. The number of carbonyl (C=O) groups is 2. The van der Waals surface area contributed by atoms with Crippen LogP contribution < -0.4 is 5.32 Å². The van der Waals surface area contributed by atoms with Crippen molar-refractivity contribution in [3.63, 3.8) is 0 Å². The van der Waals surface area contributed by atoms with E-state index in [0.29, 0.717) is 18.0 Å². The summed E-state index contributed by atoms with van der Waals surface area (Å²) in [4.78, 5) is 21.9. The first-order valence-corrected chi connectivity index (χ1v) is 5.31. The molecule has 0 aliphatic rings. The van der Waals surface area contributed by atoms with Crippen molar-refractivity contribution in [3.8, 4) is 0 Å². The number of furan rings is 1. The first-order valence-electron chi connectivity index (χ1n) is 5.31. The van der Waals surface area contributed by atoms with Crippen molar-refractivity contribution in [2.24, 2.45) is 0 Å². The number of esters is 1. The molecule has 6 heteroatoms. The van der Waals surface area contributed by atoms with Gasteiger partial charge in [0, 0.05) is 25.4 Å². The highest BCUT2D eigenvalue weighted by molar-refractivity contribution is 5.92. The van der Waals surface area contributed by atoms with Gasteiger partial charge in [-0.1, -0.05) is 0 Å². The van der Waals surface area contributed by atoms with Gasteiger partial charge in [-0.25, -0.2) is 4.79 Å². The zero-order valence-corrected chi connectivity index (χ0v) is 9.75. The van der Waals surface area contributed by atoms with Crippen LogP contribution in [-0.2, 0) is 16.1 Å². The molecule has 0 unspecified atom stereocenters. The Hall–Kier alpha value is -2.50. The van der Waals surface area contributed by atoms with Crippen molar-refractivity contribution in [1.29, 1.82) is 0 Å². The van der Waals surface area contributed by atoms with Gasteiger partial charge in [-0.2, -0.15) is 0 Å². The van der Waals surface area contributed by atoms with E-state index in [1.54, 1.807) is 6.07 Å². The predicted octanol–water partition coefficient (Wildman–Crippen LogP) is 2.22. The second kappa shape index (κ2) is 5.22. The molecule has 0 aromatic carbocycles. The maximum absolute atomic E-state index is 11.3. The molecule has 0 saturated carbocycles. The Kier molecular flexibility index (Phi) is 3.47. The van der Waals surface area contributed by atoms with E-state index in [1.807, 2.05) is 29.1 Å². The topological polar surface area (TPSA) is 73.5 Å². The second-order valence-electron chi connectivity index (χ2n) is 3.62. The van der Waals surface area contributed by atoms with Gasteiger partial charge in [-0.15, -0.1) is 0 Å². The minimum atomic E-state index is -0.822. The minimum Gasteiger partial charge on any atom is -0.465 e. The number of nitrogens with one attached hydrogen (secondary N) is 1. The molecule has 94 valence electrons. The second-order valence-corrected chi connectivity index (χ2v) is 3.62. The summed E-state index contributed by atoms with van der Waals surface area (Å²) in [6.45, 7) is 1.64. The average Bonchev–Trinajstić information content (AvgIpc) is 2.90. The molecule has 2 aromatic heterocycles. The number of hydrogen-bond donors (Lipinski definition) is 1. The van der Waals surface area contributed by atoms with Gasteiger partial charge in [0.15, 0.2) is 0 Å². The summed E-state index contributed by atoms with van der Waals surface area (Å²) in [5.41, 5.74) is 0.481. The molecule has 0 fully saturated rings. The molecular weight excluding hydrogens is 236 g/mol. The summed E-state index contributed by atoms with van der Waals surface area (Å²) in [5, 5.41) is 2.45. The fourth-order valence-corrected chi connectivity index (χ4v) is 1.48. The quantitative estimate of drug-likeness (QED) is 0.667. The van der Waals surface area contributed by atoms with Gasteiger partial charge in [-0.05, 0) is 12.1 Å². The van der Waals surface area contributed by atoms with Crippen LogP contribution >= 0.6 is 0 Å². The lowest BCUT2D eigenvalue weighted by Crippen LogP contribution is -2.17. The van der Waals surface area contributed by atoms with Crippen molar-refractivity contribution in [1.82, 2.24) is 4.57 Å². The Labute approximate surface area is 103 Å². The maximum Gasteiger partial charge on any atom is 0.419 e. The molecule has 0 aliphatic carbocycles. The highest BCUT2D eigenvalue weighted by Gasteiger charge is 2.12. The zero-order valence-electron chi connectivity index (χ0n) is 9.75. The van der Waals surface area contributed by atoms with E-state index in [-0.39, 0.29) is 0 Å². The molecule has 1 amide bonds. The number of aromatic nitrogens is 1. The van der Waals surface area contributed by atoms with E-state index < -0.39 is 12.1 Å². The monoisotopic (exact) mass is 248 g/mol. The number of carbonyl (C=O) groups excluding carboxylic acids is 2. The van der Waals surface area contributed by atoms with Gasteiger partial charge in [0.2, 0.25) is 0 Å². The highest BCUT2D eigenvalue weighted by Crippen LogP contribution is 2.18. The number of hydrogen-bond acceptors (Lipinski definition) is 4. The van der Waals surface area contributed by atoms with Crippen LogP contribution in [0.1, 0.15) is 12.7 Å². The molecule has 0 saturated heterocycles. The van der Waals surface area contributed by atoms with Crippen LogP contribution in [-0.4, -0.2) is 16.6 Å². The molecule has 2 rings (SSSR count). The van der Waals surface area contributed by atoms with Crippen molar-refractivity contribution < 1.29 is 18.7 Å². The standard InChI is InChI=1S/C12H12N2O4/c1-9(15)18-12(16)13-10-4-7-17-11(10)8-14-5-2-3-6-14/h2-7H,8H2,1H3,(H,13,16). The number of nitrogens with zero attached hydrogens (tertiary/aromatic N) is 1. The summed E-state index contributed by atoms with van der Waals surface area (Å²) < 4.78 is 11.5. The Morgan fingerprint density at radius 3 is 2.78 bits per heavy atom. The first-order chi connectivity index (χ1) is 8.65. The molecule has 0 atom stereocenters. The number of anilines is 1. The van der Waals surface area contributed by atoms with Crippen LogP contribution in [0.5, 0.6) is 0 Å². The third-order valence-electron chi connectivity index (χ3n) is 2.21. The lowest BCUT2D eigenvalue weighted by Gasteiger charge is -2.05. The van der Waals surface area contributed by atoms with E-state index in [4.69, 9.17) is 4.42 Å². The zero-order chi connectivity index (χ0) is 13.0. The van der Waals surface area contributed by atoms with E-state index >= 15 is 0 Å². The van der Waals surface area contributed by atoms with Crippen molar-refractivity contribution in [2.45, 2.75) is 13.5 Å². The van der Waals surface area contributed by atoms with Gasteiger partial charge in [0.25, 0.3) is 0 Å². The van der Waals surface area contributed by atoms with Gasteiger partial charge >= 0.3 is 12.1 Å². The summed E-state index contributed by atoms with van der Waals surface area (Å²) in [6.07, 6.45) is 4.39. The van der Waals surface area contributed by atoms with E-state index in [2.05, 4.69) is 10.1 Å². The molecule has 0 spiro atoms. The van der Waals surface area contributed by atoms with Gasteiger partial charge < -0.3 is 13.7 Å². The van der Waals surface area contributed by atoms with Crippen LogP contribution in [0.25, 0.3) is 0 Å². The highest BCUT2D eigenvalue weighted by atomic mass is 16.6. The Bertz CT molecular complexity index is 542. The van der Waals surface area contributed by atoms with Crippen LogP contribution in [0.3, 0.4) is 0 Å². The van der Waals surface area contributed by atoms with E-state index in [1.165, 1.54) is 6.26 Å². The average molecular weight is 248 g/mol. The fourth-order valence-electron chi connectivity index (χ4n) is 1.48. The third kappa shape index (κ3) is 3.00. The Morgan fingerprint density at radius 2 is 2.11 bits per heavy atom. The summed E-state index contributed by atoms with van der Waals surface area (Å²) >= 11 is 0. The minimum absolute atomic E-state index is 0.481. The van der Waals surface area contributed by atoms with Crippen LogP contribution in [0.4, 0.5) is 10.5 Å². The molecule has 0 radical (unpaired) electrons. The van der Waals surface area contributed by atoms with E-state index in [0.717, 1.165) is 6.92 Å². The molecule has 2 heterocycles. The molecular formula is C12H12N2O4. The normalized spacial score (nSPS) is 10.1. The largest absolute Gasteiger partial charge is 0.465 e. The third-order valence-corrected chi connectivity index (χ3v) is 2.21. The number of amides is 1. The van der Waals surface area contributed by atoms with Crippen molar-refractivity contribution in [3.05, 3.63) is 42.6 Å². The Morgan fingerprint density at radius 1 is 1.39 bits per heavy atom. The first kappa shape index (κ1) is 12.0. The van der Waals surface area contributed by atoms with Crippen molar-refractivity contribution in [2.75, 3.05) is 5.32 Å². The fraction of sp³-hybridized carbons (Fsp3) is 0.167. The van der Waals surface area contributed by atoms with E-state index in [9.17, 15) is 9.59 Å². The molecule has 0 aliphatic heterocycles. The van der Waals surface area contributed by atoms with Gasteiger partial charge in [0.1, 0.15) is 5.76 Å². The Balaban J connectivity index is 2.03. The van der Waals surface area contributed by atoms with Gasteiger partial charge in [0.05, 0.1) is 18.5 Å². The SMILES string of the molecule is CC(=O)OC(=O)Nc1ccoc1Cn1cccc1. The summed E-state index contributed by atoms with van der Waals surface area (Å²) in [5.74, 6) is -0.0883. The molecule has 1 N–H and O–H groups in total. The number of ether oxygens (including phenoxy) is 1. The number of rotatable bonds is 3. The molecule has 6 nitrogen and oxygen atoms in total. The van der Waals surface area contributed by atoms with Gasteiger partial charge in [-0.3, -0.25) is 10.1 Å². The summed E-state index contributed by atoms with van der Waals surface area (Å²) in [6, 6.07) is 5.38. The molecule has 0 bridgehead atoms. The lowest BCUT2D eigenvalue weighted by atomic mass is 10.3. The van der Waals surface area contributed by atoms with Crippen LogP contribution in [0.15, 0.2) is 41.3 Å². The van der Waals surface area contributed by atoms with Crippen molar-refractivity contribution >= 4 is 17.7 Å². The molecule has 18 heavy (non-hydrogen) atoms. The molecule has 2 aromatic rings. The lowest BCUT2D eigenvalue weighted by molar-refractivity contribution is -0.134. The smallest absolute Gasteiger partial charge is 0.419 e. The van der Waals surface area contributed by atoms with Crippen LogP contribution in [0, 0.1) is 0 Å². The predicted molar refractivity (Wildman–Crippen MR) is 63.0 cm³/mol. The summed E-state index contributed by atoms with van der Waals surface area (Å²) in [7, 11) is 0.